The van der Waals surface area contributed by atoms with Crippen LogP contribution in [0.15, 0.2) is 18.2 Å². The summed E-state index contributed by atoms with van der Waals surface area (Å²) in [5.41, 5.74) is 0.712. The number of carboxylic acids is 1. The zero-order valence-electron chi connectivity index (χ0n) is 13.3. The third-order valence-corrected chi connectivity index (χ3v) is 2.90. The minimum Gasteiger partial charge on any atom is -0.496 e. The number of hydrogen-bond acceptors (Lipinski definition) is 5. The minimum absolute atomic E-state index is 0.0483. The molecular formula is C16H22O6. The van der Waals surface area contributed by atoms with E-state index >= 15 is 0 Å². The molecule has 1 atom stereocenters. The van der Waals surface area contributed by atoms with Gasteiger partial charge in [0.05, 0.1) is 19.8 Å². The summed E-state index contributed by atoms with van der Waals surface area (Å²) < 4.78 is 15.6. The second kappa shape index (κ2) is 8.38. The average molecular weight is 310 g/mol. The molecule has 6 heteroatoms. The fourth-order valence-corrected chi connectivity index (χ4v) is 2.01. The summed E-state index contributed by atoms with van der Waals surface area (Å²) in [6.07, 6.45) is -0.678. The van der Waals surface area contributed by atoms with Gasteiger partial charge in [-0.1, -0.05) is 6.07 Å². The summed E-state index contributed by atoms with van der Waals surface area (Å²) in [7, 11) is 1.41. The van der Waals surface area contributed by atoms with Crippen molar-refractivity contribution in [3.8, 4) is 5.75 Å². The highest BCUT2D eigenvalue weighted by Crippen LogP contribution is 2.21. The van der Waals surface area contributed by atoms with Gasteiger partial charge in [0.2, 0.25) is 0 Å². The monoisotopic (exact) mass is 310 g/mol. The third-order valence-electron chi connectivity index (χ3n) is 2.90. The minimum atomic E-state index is -1.09. The Kier molecular flexibility index (Phi) is 6.85. The van der Waals surface area contributed by atoms with Gasteiger partial charge in [0.1, 0.15) is 11.3 Å². The van der Waals surface area contributed by atoms with Crippen LogP contribution in [0.1, 0.15) is 36.7 Å². The molecule has 0 heterocycles. The summed E-state index contributed by atoms with van der Waals surface area (Å²) in [5, 5.41) is 9.19. The molecule has 0 bridgehead atoms. The number of ether oxygens (including phenoxy) is 3. The highest BCUT2D eigenvalue weighted by atomic mass is 16.6. The molecule has 0 spiro atoms. The highest BCUT2D eigenvalue weighted by Gasteiger charge is 2.23. The van der Waals surface area contributed by atoms with Crippen LogP contribution in [0.2, 0.25) is 0 Å². The van der Waals surface area contributed by atoms with Crippen molar-refractivity contribution in [3.05, 3.63) is 29.3 Å². The summed E-state index contributed by atoms with van der Waals surface area (Å²) in [5.74, 6) is -1.27. The van der Waals surface area contributed by atoms with Crippen molar-refractivity contribution in [3.63, 3.8) is 0 Å². The molecule has 0 amide bonds. The number of esters is 1. The van der Waals surface area contributed by atoms with E-state index in [-0.39, 0.29) is 30.4 Å². The first-order valence-electron chi connectivity index (χ1n) is 7.11. The number of hydrogen-bond donors (Lipinski definition) is 1. The smallest absolute Gasteiger partial charge is 0.339 e. The molecule has 22 heavy (non-hydrogen) atoms. The van der Waals surface area contributed by atoms with Crippen molar-refractivity contribution in [2.45, 2.75) is 39.4 Å². The van der Waals surface area contributed by atoms with E-state index in [1.807, 2.05) is 13.8 Å². The Morgan fingerprint density at radius 1 is 1.27 bits per heavy atom. The number of carbonyl (C=O) groups is 2. The van der Waals surface area contributed by atoms with E-state index in [4.69, 9.17) is 14.2 Å². The van der Waals surface area contributed by atoms with E-state index in [9.17, 15) is 14.7 Å². The maximum Gasteiger partial charge on any atom is 0.339 e. The summed E-state index contributed by atoms with van der Waals surface area (Å²) in [4.78, 5) is 23.2. The van der Waals surface area contributed by atoms with Crippen molar-refractivity contribution < 1.29 is 28.9 Å². The zero-order chi connectivity index (χ0) is 16.7. The molecule has 0 aliphatic carbocycles. The fraction of sp³-hybridized carbons (Fsp3) is 0.500. The van der Waals surface area contributed by atoms with Crippen molar-refractivity contribution >= 4 is 11.9 Å². The van der Waals surface area contributed by atoms with Gasteiger partial charge in [-0.15, -0.1) is 0 Å². The molecule has 0 radical (unpaired) electrons. The zero-order valence-corrected chi connectivity index (χ0v) is 13.3. The summed E-state index contributed by atoms with van der Waals surface area (Å²) in [6.45, 7) is 5.63. The molecule has 0 aliphatic rings. The molecule has 1 aromatic rings. The van der Waals surface area contributed by atoms with E-state index in [1.54, 1.807) is 19.1 Å². The number of aromatic carboxylic acids is 1. The van der Waals surface area contributed by atoms with Crippen molar-refractivity contribution in [1.82, 2.24) is 0 Å². The topological polar surface area (TPSA) is 82.1 Å². The lowest BCUT2D eigenvalue weighted by molar-refractivity contribution is -0.159. The summed E-state index contributed by atoms with van der Waals surface area (Å²) in [6, 6.07) is 4.76. The van der Waals surface area contributed by atoms with E-state index < -0.39 is 18.0 Å². The molecule has 0 saturated heterocycles. The van der Waals surface area contributed by atoms with Crippen LogP contribution in [0.3, 0.4) is 0 Å². The average Bonchev–Trinajstić information content (AvgIpc) is 2.46. The number of carboxylic acid groups (broad SMARTS) is 1. The summed E-state index contributed by atoms with van der Waals surface area (Å²) >= 11 is 0. The van der Waals surface area contributed by atoms with Gasteiger partial charge in [-0.2, -0.15) is 0 Å². The van der Waals surface area contributed by atoms with Gasteiger partial charge >= 0.3 is 11.9 Å². The lowest BCUT2D eigenvalue weighted by Crippen LogP contribution is -2.31. The van der Waals surface area contributed by atoms with E-state index in [0.717, 1.165) is 0 Å². The van der Waals surface area contributed by atoms with Crippen LogP contribution in [0.5, 0.6) is 5.75 Å². The van der Waals surface area contributed by atoms with Gasteiger partial charge in [-0.25, -0.2) is 9.59 Å². The van der Waals surface area contributed by atoms with Gasteiger partial charge in [-0.05, 0) is 38.5 Å². The van der Waals surface area contributed by atoms with Crippen LogP contribution >= 0.6 is 0 Å². The molecule has 122 valence electrons. The standard InChI is InChI=1S/C16H22O6/c1-5-21-16(19)14(22-10(2)3)9-11-6-7-13(20-4)12(8-11)15(17)18/h6-8,10,14H,5,9H2,1-4H3,(H,17,18). The normalized spacial score (nSPS) is 12.0. The Morgan fingerprint density at radius 3 is 2.45 bits per heavy atom. The second-order valence-corrected chi connectivity index (χ2v) is 4.97. The van der Waals surface area contributed by atoms with E-state index in [1.165, 1.54) is 13.2 Å². The van der Waals surface area contributed by atoms with Crippen LogP contribution < -0.4 is 4.74 Å². The molecule has 1 unspecified atom stereocenters. The Bertz CT molecular complexity index is 523. The molecule has 0 aliphatic heterocycles. The number of rotatable bonds is 8. The SMILES string of the molecule is CCOC(=O)C(Cc1ccc(OC)c(C(=O)O)c1)OC(C)C. The predicted molar refractivity (Wildman–Crippen MR) is 80.3 cm³/mol. The largest absolute Gasteiger partial charge is 0.496 e. The van der Waals surface area contributed by atoms with Crippen LogP contribution in [0.25, 0.3) is 0 Å². The quantitative estimate of drug-likeness (QED) is 0.742. The van der Waals surface area contributed by atoms with Crippen molar-refractivity contribution in [1.29, 1.82) is 0 Å². The van der Waals surface area contributed by atoms with Crippen LogP contribution in [-0.2, 0) is 20.7 Å². The van der Waals surface area contributed by atoms with Gasteiger partial charge in [0, 0.05) is 6.42 Å². The van der Waals surface area contributed by atoms with Gasteiger partial charge in [0.15, 0.2) is 6.10 Å². The van der Waals surface area contributed by atoms with E-state index in [0.29, 0.717) is 5.56 Å². The maximum atomic E-state index is 11.9. The van der Waals surface area contributed by atoms with Gasteiger partial charge in [0.25, 0.3) is 0 Å². The lowest BCUT2D eigenvalue weighted by Gasteiger charge is -2.19. The lowest BCUT2D eigenvalue weighted by atomic mass is 10.0. The molecule has 0 saturated carbocycles. The first-order valence-corrected chi connectivity index (χ1v) is 7.11. The van der Waals surface area contributed by atoms with Crippen LogP contribution in [-0.4, -0.2) is 43.0 Å². The molecule has 0 fully saturated rings. The van der Waals surface area contributed by atoms with Crippen LogP contribution in [0.4, 0.5) is 0 Å². The van der Waals surface area contributed by atoms with Gasteiger partial charge < -0.3 is 19.3 Å². The first kappa shape index (κ1) is 18.0. The molecule has 1 N–H and O–H groups in total. The first-order chi connectivity index (χ1) is 10.4. The molecule has 1 rings (SSSR count). The highest BCUT2D eigenvalue weighted by molar-refractivity contribution is 5.91. The third kappa shape index (κ3) is 5.04. The number of carbonyl (C=O) groups excluding carboxylic acids is 1. The maximum absolute atomic E-state index is 11.9. The Balaban J connectivity index is 2.99. The van der Waals surface area contributed by atoms with E-state index in [2.05, 4.69) is 0 Å². The fourth-order valence-electron chi connectivity index (χ4n) is 2.01. The second-order valence-electron chi connectivity index (χ2n) is 4.97. The Morgan fingerprint density at radius 2 is 1.95 bits per heavy atom. The number of benzene rings is 1. The van der Waals surface area contributed by atoms with Crippen molar-refractivity contribution in [2.24, 2.45) is 0 Å². The molecular weight excluding hydrogens is 288 g/mol. The van der Waals surface area contributed by atoms with Crippen LogP contribution in [0, 0.1) is 0 Å². The predicted octanol–water partition coefficient (Wildman–Crippen LogP) is 2.29. The molecule has 0 aromatic heterocycles. The molecule has 1 aromatic carbocycles. The Hall–Kier alpha value is -2.08. The Labute approximate surface area is 130 Å². The van der Waals surface area contributed by atoms with Crippen molar-refractivity contribution in [2.75, 3.05) is 13.7 Å². The molecule has 6 nitrogen and oxygen atoms in total. The number of methoxy groups -OCH3 is 1. The van der Waals surface area contributed by atoms with Gasteiger partial charge in [-0.3, -0.25) is 0 Å².